The Labute approximate surface area is 174 Å². The number of nitrogens with zero attached hydrogens (tertiary/aromatic N) is 2. The first-order chi connectivity index (χ1) is 14.2. The SMILES string of the molecule is CN=C(NCCCOC1CCOC1)NCc1ccc(CN2CCC(O)CC2)cc1. The van der Waals surface area contributed by atoms with Crippen LogP contribution in [0.4, 0.5) is 0 Å². The molecule has 2 fully saturated rings. The van der Waals surface area contributed by atoms with Crippen LogP contribution in [0.25, 0.3) is 0 Å². The first kappa shape index (κ1) is 22.0. The third-order valence-electron chi connectivity index (χ3n) is 5.52. The first-order valence-electron chi connectivity index (χ1n) is 10.8. The van der Waals surface area contributed by atoms with Crippen molar-refractivity contribution < 1.29 is 14.6 Å². The Morgan fingerprint density at radius 2 is 1.93 bits per heavy atom. The highest BCUT2D eigenvalue weighted by molar-refractivity contribution is 5.79. The van der Waals surface area contributed by atoms with Crippen molar-refractivity contribution in [1.29, 1.82) is 0 Å². The van der Waals surface area contributed by atoms with Gasteiger partial charge in [-0.1, -0.05) is 24.3 Å². The van der Waals surface area contributed by atoms with Crippen molar-refractivity contribution in [2.45, 2.75) is 51.0 Å². The van der Waals surface area contributed by atoms with Crippen LogP contribution in [0.2, 0.25) is 0 Å². The van der Waals surface area contributed by atoms with Gasteiger partial charge in [0.2, 0.25) is 0 Å². The maximum atomic E-state index is 9.62. The molecule has 2 saturated heterocycles. The minimum absolute atomic E-state index is 0.114. The van der Waals surface area contributed by atoms with Crippen LogP contribution < -0.4 is 10.6 Å². The molecule has 2 aliphatic rings. The third-order valence-corrected chi connectivity index (χ3v) is 5.52. The molecule has 2 heterocycles. The Hall–Kier alpha value is -1.67. The number of guanidine groups is 1. The lowest BCUT2D eigenvalue weighted by Gasteiger charge is -2.29. The van der Waals surface area contributed by atoms with Crippen LogP contribution in [0, 0.1) is 0 Å². The molecule has 0 aromatic heterocycles. The zero-order valence-electron chi connectivity index (χ0n) is 17.6. The predicted octanol–water partition coefficient (Wildman–Crippen LogP) is 1.50. The van der Waals surface area contributed by atoms with Crippen molar-refractivity contribution in [2.75, 3.05) is 46.5 Å². The molecular weight excluding hydrogens is 368 g/mol. The van der Waals surface area contributed by atoms with Gasteiger partial charge in [0, 0.05) is 53.0 Å². The minimum atomic E-state index is -0.114. The molecule has 7 nitrogen and oxygen atoms in total. The molecule has 7 heteroatoms. The molecule has 0 amide bonds. The highest BCUT2D eigenvalue weighted by atomic mass is 16.5. The van der Waals surface area contributed by atoms with E-state index in [1.54, 1.807) is 7.05 Å². The number of hydrogen-bond donors (Lipinski definition) is 3. The molecule has 1 aromatic carbocycles. The average molecular weight is 405 g/mol. The number of likely N-dealkylation sites (tertiary alicyclic amines) is 1. The lowest BCUT2D eigenvalue weighted by Crippen LogP contribution is -2.37. The van der Waals surface area contributed by atoms with Crippen LogP contribution >= 0.6 is 0 Å². The molecule has 162 valence electrons. The van der Waals surface area contributed by atoms with Crippen molar-refractivity contribution in [3.8, 4) is 0 Å². The molecular formula is C22H36N4O3. The van der Waals surface area contributed by atoms with Gasteiger partial charge in [0.15, 0.2) is 5.96 Å². The van der Waals surface area contributed by atoms with Crippen molar-refractivity contribution in [2.24, 2.45) is 4.99 Å². The number of hydrogen-bond acceptors (Lipinski definition) is 5. The molecule has 3 N–H and O–H groups in total. The Morgan fingerprint density at radius 3 is 2.62 bits per heavy atom. The third kappa shape index (κ3) is 7.93. The number of ether oxygens (including phenoxy) is 2. The molecule has 0 aliphatic carbocycles. The lowest BCUT2D eigenvalue weighted by molar-refractivity contribution is 0.0420. The lowest BCUT2D eigenvalue weighted by atomic mass is 10.1. The van der Waals surface area contributed by atoms with Gasteiger partial charge >= 0.3 is 0 Å². The Morgan fingerprint density at radius 1 is 1.17 bits per heavy atom. The summed E-state index contributed by atoms with van der Waals surface area (Å²) in [7, 11) is 1.79. The summed E-state index contributed by atoms with van der Waals surface area (Å²) in [6, 6.07) is 8.74. The highest BCUT2D eigenvalue weighted by Crippen LogP contribution is 2.14. The van der Waals surface area contributed by atoms with E-state index >= 15 is 0 Å². The molecule has 1 aromatic rings. The van der Waals surface area contributed by atoms with E-state index in [-0.39, 0.29) is 12.2 Å². The van der Waals surface area contributed by atoms with Gasteiger partial charge in [0.05, 0.1) is 18.8 Å². The summed E-state index contributed by atoms with van der Waals surface area (Å²) in [6.45, 7) is 6.79. The van der Waals surface area contributed by atoms with Gasteiger partial charge in [-0.05, 0) is 36.8 Å². The van der Waals surface area contributed by atoms with E-state index < -0.39 is 0 Å². The minimum Gasteiger partial charge on any atom is -0.393 e. The number of benzene rings is 1. The van der Waals surface area contributed by atoms with Crippen molar-refractivity contribution in [3.63, 3.8) is 0 Å². The summed E-state index contributed by atoms with van der Waals surface area (Å²) in [6.07, 6.45) is 3.88. The largest absolute Gasteiger partial charge is 0.393 e. The van der Waals surface area contributed by atoms with E-state index in [4.69, 9.17) is 9.47 Å². The molecule has 2 aliphatic heterocycles. The highest BCUT2D eigenvalue weighted by Gasteiger charge is 2.17. The summed E-state index contributed by atoms with van der Waals surface area (Å²) in [5.74, 6) is 0.810. The molecule has 0 bridgehead atoms. The number of aliphatic imine (C=N–C) groups is 1. The molecule has 1 unspecified atom stereocenters. The number of aliphatic hydroxyl groups is 1. The number of aliphatic hydroxyl groups excluding tert-OH is 1. The maximum absolute atomic E-state index is 9.62. The Kier molecular flexibility index (Phi) is 9.21. The Bertz CT molecular complexity index is 609. The second kappa shape index (κ2) is 12.1. The van der Waals surface area contributed by atoms with Crippen molar-refractivity contribution in [3.05, 3.63) is 35.4 Å². The molecule has 3 rings (SSSR count). The summed E-state index contributed by atoms with van der Waals surface area (Å²) >= 11 is 0. The van der Waals surface area contributed by atoms with E-state index in [2.05, 4.69) is 44.8 Å². The second-order valence-corrected chi connectivity index (χ2v) is 7.89. The van der Waals surface area contributed by atoms with Gasteiger partial charge in [-0.15, -0.1) is 0 Å². The summed E-state index contributed by atoms with van der Waals surface area (Å²) in [5, 5.41) is 16.3. The number of piperidine rings is 1. The molecule has 29 heavy (non-hydrogen) atoms. The van der Waals surface area contributed by atoms with E-state index in [0.717, 1.165) is 84.2 Å². The van der Waals surface area contributed by atoms with E-state index in [1.165, 1.54) is 11.1 Å². The van der Waals surface area contributed by atoms with Crippen LogP contribution in [0.5, 0.6) is 0 Å². The van der Waals surface area contributed by atoms with Crippen LogP contribution in [-0.4, -0.2) is 74.7 Å². The normalized spacial score (nSPS) is 21.4. The fourth-order valence-electron chi connectivity index (χ4n) is 3.68. The van der Waals surface area contributed by atoms with Crippen molar-refractivity contribution >= 4 is 5.96 Å². The molecule has 0 spiro atoms. The van der Waals surface area contributed by atoms with Crippen LogP contribution in [0.1, 0.15) is 36.8 Å². The van der Waals surface area contributed by atoms with Crippen molar-refractivity contribution in [1.82, 2.24) is 15.5 Å². The monoisotopic (exact) mass is 404 g/mol. The van der Waals surface area contributed by atoms with E-state index in [9.17, 15) is 5.11 Å². The second-order valence-electron chi connectivity index (χ2n) is 7.89. The summed E-state index contributed by atoms with van der Waals surface area (Å²) in [5.41, 5.74) is 2.55. The van der Waals surface area contributed by atoms with Gasteiger partial charge in [-0.2, -0.15) is 0 Å². The predicted molar refractivity (Wildman–Crippen MR) is 115 cm³/mol. The van der Waals surface area contributed by atoms with E-state index in [1.807, 2.05) is 0 Å². The van der Waals surface area contributed by atoms with Gasteiger partial charge in [0.25, 0.3) is 0 Å². The van der Waals surface area contributed by atoms with Crippen LogP contribution in [-0.2, 0) is 22.6 Å². The van der Waals surface area contributed by atoms with Crippen LogP contribution in [0.15, 0.2) is 29.3 Å². The summed E-state index contributed by atoms with van der Waals surface area (Å²) < 4.78 is 11.1. The fraction of sp³-hybridized carbons (Fsp3) is 0.682. The zero-order chi connectivity index (χ0) is 20.3. The van der Waals surface area contributed by atoms with Gasteiger partial charge in [0.1, 0.15) is 0 Å². The van der Waals surface area contributed by atoms with Gasteiger partial charge in [-0.25, -0.2) is 0 Å². The molecule has 1 atom stereocenters. The fourth-order valence-corrected chi connectivity index (χ4v) is 3.68. The topological polar surface area (TPSA) is 78.4 Å². The number of rotatable bonds is 9. The smallest absolute Gasteiger partial charge is 0.191 e. The molecule has 0 saturated carbocycles. The zero-order valence-corrected chi connectivity index (χ0v) is 17.6. The first-order valence-corrected chi connectivity index (χ1v) is 10.8. The quantitative estimate of drug-likeness (QED) is 0.329. The Balaban J connectivity index is 1.30. The molecule has 0 radical (unpaired) electrons. The maximum Gasteiger partial charge on any atom is 0.191 e. The van der Waals surface area contributed by atoms with Gasteiger partial charge in [-0.3, -0.25) is 9.89 Å². The van der Waals surface area contributed by atoms with E-state index in [0.29, 0.717) is 0 Å². The summed E-state index contributed by atoms with van der Waals surface area (Å²) in [4.78, 5) is 6.70. The van der Waals surface area contributed by atoms with Gasteiger partial charge < -0.3 is 25.2 Å². The van der Waals surface area contributed by atoms with Crippen LogP contribution in [0.3, 0.4) is 0 Å². The number of nitrogens with one attached hydrogen (secondary N) is 2. The average Bonchev–Trinajstić information content (AvgIpc) is 3.26. The standard InChI is InChI=1S/C22H36N4O3/c1-23-22(24-10-2-13-29-21-9-14-28-17-21)25-15-18-3-5-19(6-4-18)16-26-11-7-20(27)8-12-26/h3-6,20-21,27H,2,7-17H2,1H3,(H2,23,24,25).